The highest BCUT2D eigenvalue weighted by Gasteiger charge is 2.24. The van der Waals surface area contributed by atoms with Crippen molar-refractivity contribution >= 4 is 16.7 Å². The predicted molar refractivity (Wildman–Crippen MR) is 97.8 cm³/mol. The number of aromatic amines is 1. The van der Waals surface area contributed by atoms with Gasteiger partial charge < -0.3 is 20.4 Å². The summed E-state index contributed by atoms with van der Waals surface area (Å²) < 4.78 is 5.58. The molecule has 0 aliphatic carbocycles. The van der Waals surface area contributed by atoms with Gasteiger partial charge in [-0.05, 0) is 41.0 Å². The molecule has 1 unspecified atom stereocenters. The summed E-state index contributed by atoms with van der Waals surface area (Å²) in [7, 11) is 1.70. The molecule has 1 amide bonds. The van der Waals surface area contributed by atoms with Crippen LogP contribution in [0.5, 0.6) is 5.75 Å². The van der Waals surface area contributed by atoms with Crippen molar-refractivity contribution < 1.29 is 9.53 Å². The minimum atomic E-state index is -0.0346. The molecule has 3 N–H and O–H groups in total. The van der Waals surface area contributed by atoms with Crippen LogP contribution >= 0.6 is 0 Å². The van der Waals surface area contributed by atoms with Gasteiger partial charge in [0.05, 0.1) is 7.11 Å². The normalized spacial score (nSPS) is 17.0. The molecule has 3 aromatic rings. The number of hydrogen-bond acceptors (Lipinski definition) is 3. The maximum absolute atomic E-state index is 12.0. The highest BCUT2D eigenvalue weighted by molar-refractivity contribution is 5.94. The zero-order valence-electron chi connectivity index (χ0n) is 14.1. The first kappa shape index (κ1) is 15.7. The molecule has 25 heavy (non-hydrogen) atoms. The number of carbonyl (C=O) groups excluding carboxylic acids is 1. The molecule has 1 atom stereocenters. The van der Waals surface area contributed by atoms with Crippen LogP contribution in [0.4, 0.5) is 0 Å². The first-order chi connectivity index (χ1) is 12.3. The Morgan fingerprint density at radius 1 is 1.20 bits per heavy atom. The summed E-state index contributed by atoms with van der Waals surface area (Å²) in [6.45, 7) is 1.34. The molecule has 0 radical (unpaired) electrons. The molecule has 0 bridgehead atoms. The van der Waals surface area contributed by atoms with Crippen molar-refractivity contribution in [3.05, 3.63) is 65.5 Å². The van der Waals surface area contributed by atoms with Crippen LogP contribution in [0.15, 0.2) is 48.7 Å². The number of fused-ring (bicyclic) bond motifs is 2. The smallest absolute Gasteiger partial charge is 0.268 e. The second kappa shape index (κ2) is 6.61. The van der Waals surface area contributed by atoms with Gasteiger partial charge in [0, 0.05) is 30.9 Å². The molecule has 0 saturated carbocycles. The van der Waals surface area contributed by atoms with Crippen molar-refractivity contribution in [3.8, 4) is 5.75 Å². The average Bonchev–Trinajstić information content (AvgIpc) is 3.08. The van der Waals surface area contributed by atoms with E-state index in [9.17, 15) is 4.79 Å². The van der Waals surface area contributed by atoms with E-state index in [1.165, 1.54) is 10.8 Å². The van der Waals surface area contributed by atoms with E-state index < -0.39 is 0 Å². The number of rotatable bonds is 4. The molecule has 5 nitrogen and oxygen atoms in total. The van der Waals surface area contributed by atoms with Gasteiger partial charge in [0.1, 0.15) is 11.4 Å². The maximum Gasteiger partial charge on any atom is 0.268 e. The van der Waals surface area contributed by atoms with E-state index in [1.807, 2.05) is 24.4 Å². The Bertz CT molecular complexity index is 916. The molecule has 0 saturated heterocycles. The predicted octanol–water partition coefficient (Wildman–Crippen LogP) is 3.14. The van der Waals surface area contributed by atoms with Gasteiger partial charge in [0.25, 0.3) is 5.91 Å². The zero-order chi connectivity index (χ0) is 17.2. The molecule has 0 spiro atoms. The second-order valence-corrected chi connectivity index (χ2v) is 6.30. The Labute approximate surface area is 146 Å². The minimum Gasteiger partial charge on any atom is -0.496 e. The summed E-state index contributed by atoms with van der Waals surface area (Å²) in [5.41, 5.74) is 2.79. The number of methoxy groups -OCH3 is 1. The summed E-state index contributed by atoms with van der Waals surface area (Å²) in [6, 6.07) is 14.6. The summed E-state index contributed by atoms with van der Waals surface area (Å²) in [5, 5.41) is 8.88. The lowest BCUT2D eigenvalue weighted by Crippen LogP contribution is -2.24. The summed E-state index contributed by atoms with van der Waals surface area (Å²) in [4.78, 5) is 15.1. The van der Waals surface area contributed by atoms with Crippen molar-refractivity contribution in [2.24, 2.45) is 0 Å². The van der Waals surface area contributed by atoms with E-state index in [0.717, 1.165) is 23.3 Å². The quantitative estimate of drug-likeness (QED) is 0.686. The Hall–Kier alpha value is -2.79. The van der Waals surface area contributed by atoms with Crippen molar-refractivity contribution in [1.29, 1.82) is 0 Å². The summed E-state index contributed by atoms with van der Waals surface area (Å²) >= 11 is 0. The van der Waals surface area contributed by atoms with Crippen LogP contribution in [0.2, 0.25) is 0 Å². The van der Waals surface area contributed by atoms with Gasteiger partial charge in [-0.25, -0.2) is 0 Å². The number of nitrogens with one attached hydrogen (secondary N) is 3. The Morgan fingerprint density at radius 3 is 2.80 bits per heavy atom. The highest BCUT2D eigenvalue weighted by Crippen LogP contribution is 2.28. The second-order valence-electron chi connectivity index (χ2n) is 6.30. The molecule has 1 aliphatic rings. The summed E-state index contributed by atoms with van der Waals surface area (Å²) in [5.74, 6) is 0.843. The monoisotopic (exact) mass is 335 g/mol. The van der Waals surface area contributed by atoms with Crippen LogP contribution in [0, 0.1) is 0 Å². The van der Waals surface area contributed by atoms with Gasteiger partial charge in [0.2, 0.25) is 0 Å². The fraction of sp³-hybridized carbons (Fsp3) is 0.250. The number of benzene rings is 2. The standard InChI is InChI=1S/C20H21N3O2/c1-25-18-11-14-5-3-2-4-13(14)10-15(18)12-23-17-7-9-22-20(24)19-16(17)6-8-21-19/h2-6,8,10-11,17,21,23H,7,9,12H2,1H3,(H,22,24). The fourth-order valence-corrected chi connectivity index (χ4v) is 3.48. The first-order valence-electron chi connectivity index (χ1n) is 8.51. The molecule has 2 aromatic carbocycles. The number of amides is 1. The van der Waals surface area contributed by atoms with E-state index in [1.54, 1.807) is 7.11 Å². The van der Waals surface area contributed by atoms with Gasteiger partial charge in [-0.1, -0.05) is 24.3 Å². The maximum atomic E-state index is 12.0. The van der Waals surface area contributed by atoms with Crippen LogP contribution in [-0.2, 0) is 6.54 Å². The lowest BCUT2D eigenvalue weighted by molar-refractivity contribution is 0.0951. The van der Waals surface area contributed by atoms with Crippen molar-refractivity contribution in [2.75, 3.05) is 13.7 Å². The van der Waals surface area contributed by atoms with E-state index in [4.69, 9.17) is 4.74 Å². The highest BCUT2D eigenvalue weighted by atomic mass is 16.5. The van der Waals surface area contributed by atoms with Crippen LogP contribution in [0.25, 0.3) is 10.8 Å². The van der Waals surface area contributed by atoms with Gasteiger partial charge in [0.15, 0.2) is 0 Å². The Balaban J connectivity index is 1.60. The van der Waals surface area contributed by atoms with Gasteiger partial charge in [-0.2, -0.15) is 0 Å². The molecule has 5 heteroatoms. The summed E-state index contributed by atoms with van der Waals surface area (Å²) in [6.07, 6.45) is 2.67. The molecule has 1 aliphatic heterocycles. The molecular formula is C20H21N3O2. The van der Waals surface area contributed by atoms with E-state index in [-0.39, 0.29) is 11.9 Å². The van der Waals surface area contributed by atoms with Crippen LogP contribution in [-0.4, -0.2) is 24.5 Å². The van der Waals surface area contributed by atoms with E-state index >= 15 is 0 Å². The third-order valence-corrected chi connectivity index (χ3v) is 4.79. The number of H-pyrrole nitrogens is 1. The molecule has 1 aromatic heterocycles. The molecule has 128 valence electrons. The largest absolute Gasteiger partial charge is 0.496 e. The lowest BCUT2D eigenvalue weighted by atomic mass is 10.0. The fourth-order valence-electron chi connectivity index (χ4n) is 3.48. The number of ether oxygens (including phenoxy) is 1. The molecular weight excluding hydrogens is 314 g/mol. The van der Waals surface area contributed by atoms with Gasteiger partial charge in [-0.3, -0.25) is 4.79 Å². The van der Waals surface area contributed by atoms with Crippen LogP contribution < -0.4 is 15.4 Å². The van der Waals surface area contributed by atoms with Crippen molar-refractivity contribution in [3.63, 3.8) is 0 Å². The molecule has 0 fully saturated rings. The Kier molecular flexibility index (Phi) is 4.15. The minimum absolute atomic E-state index is 0.0346. The number of aromatic nitrogens is 1. The third-order valence-electron chi connectivity index (χ3n) is 4.79. The van der Waals surface area contributed by atoms with Gasteiger partial charge >= 0.3 is 0 Å². The van der Waals surface area contributed by atoms with Gasteiger partial charge in [-0.15, -0.1) is 0 Å². The van der Waals surface area contributed by atoms with Crippen LogP contribution in [0.1, 0.15) is 34.1 Å². The Morgan fingerprint density at radius 2 is 2.00 bits per heavy atom. The number of hydrogen-bond donors (Lipinski definition) is 3. The van der Waals surface area contributed by atoms with Crippen molar-refractivity contribution in [1.82, 2.24) is 15.6 Å². The molecule has 2 heterocycles. The average molecular weight is 335 g/mol. The van der Waals surface area contributed by atoms with Crippen LogP contribution in [0.3, 0.4) is 0 Å². The topological polar surface area (TPSA) is 66.2 Å². The first-order valence-corrected chi connectivity index (χ1v) is 8.51. The molecule has 4 rings (SSSR count). The van der Waals surface area contributed by atoms with E-state index in [0.29, 0.717) is 18.8 Å². The third kappa shape index (κ3) is 2.98. The van der Waals surface area contributed by atoms with Crippen molar-refractivity contribution in [2.45, 2.75) is 19.0 Å². The van der Waals surface area contributed by atoms with E-state index in [2.05, 4.69) is 39.9 Å². The zero-order valence-corrected chi connectivity index (χ0v) is 14.1. The number of carbonyl (C=O) groups is 1. The lowest BCUT2D eigenvalue weighted by Gasteiger charge is -2.18. The SMILES string of the molecule is COc1cc2ccccc2cc1CNC1CCNC(=O)c2[nH]ccc21.